The highest BCUT2D eigenvalue weighted by molar-refractivity contribution is 9.10. The summed E-state index contributed by atoms with van der Waals surface area (Å²) in [6.45, 7) is 4.95. The molecule has 24 heavy (non-hydrogen) atoms. The lowest BCUT2D eigenvalue weighted by Crippen LogP contribution is -2.30. The predicted octanol–water partition coefficient (Wildman–Crippen LogP) is 5.00. The summed E-state index contributed by atoms with van der Waals surface area (Å²) < 4.78 is 6.39. The van der Waals surface area contributed by atoms with E-state index >= 15 is 0 Å². The van der Waals surface area contributed by atoms with E-state index in [0.717, 1.165) is 27.0 Å². The van der Waals surface area contributed by atoms with Gasteiger partial charge in [0.15, 0.2) is 0 Å². The van der Waals surface area contributed by atoms with Crippen LogP contribution in [-0.2, 0) is 4.79 Å². The summed E-state index contributed by atoms with van der Waals surface area (Å²) in [4.78, 5) is 14.9. The van der Waals surface area contributed by atoms with Crippen molar-refractivity contribution in [1.82, 2.24) is 0 Å². The van der Waals surface area contributed by atoms with Gasteiger partial charge in [0.1, 0.15) is 5.75 Å². The van der Waals surface area contributed by atoms with Gasteiger partial charge in [-0.2, -0.15) is 0 Å². The average Bonchev–Trinajstić information content (AvgIpc) is 2.81. The second kappa shape index (κ2) is 6.81. The maximum atomic E-state index is 13.0. The first-order valence-corrected chi connectivity index (χ1v) is 8.77. The van der Waals surface area contributed by atoms with E-state index in [9.17, 15) is 4.79 Å². The Morgan fingerprint density at radius 3 is 2.67 bits per heavy atom. The summed E-state index contributed by atoms with van der Waals surface area (Å²) in [5.41, 5.74) is 3.56. The number of carbonyl (C=O) groups excluding carboxylic acids is 1. The zero-order valence-electron chi connectivity index (χ0n) is 14.0. The SMILES string of the molecule is COc1ccc(Br)cc1/C=C1\C(=O)N(CC(C)C)c2ccccc21. The van der Waals surface area contributed by atoms with Gasteiger partial charge in [-0.1, -0.05) is 48.0 Å². The van der Waals surface area contributed by atoms with Crippen molar-refractivity contribution >= 4 is 39.2 Å². The Bertz CT molecular complexity index is 811. The molecule has 0 unspecified atom stereocenters. The van der Waals surface area contributed by atoms with Crippen molar-refractivity contribution in [3.8, 4) is 5.75 Å². The standard InChI is InChI=1S/C20H20BrNO2/c1-13(2)12-22-18-7-5-4-6-16(18)17(20(22)23)11-14-10-15(21)8-9-19(14)24-3/h4-11,13H,12H2,1-3H3/b17-11-. The molecule has 0 N–H and O–H groups in total. The summed E-state index contributed by atoms with van der Waals surface area (Å²) in [5, 5.41) is 0. The van der Waals surface area contributed by atoms with E-state index in [2.05, 4.69) is 29.8 Å². The Hall–Kier alpha value is -2.07. The molecule has 1 aliphatic heterocycles. The zero-order valence-corrected chi connectivity index (χ0v) is 15.6. The number of carbonyl (C=O) groups is 1. The zero-order chi connectivity index (χ0) is 17.3. The van der Waals surface area contributed by atoms with Crippen molar-refractivity contribution in [3.63, 3.8) is 0 Å². The maximum absolute atomic E-state index is 13.0. The van der Waals surface area contributed by atoms with Crippen molar-refractivity contribution in [2.24, 2.45) is 5.92 Å². The normalized spacial score (nSPS) is 15.3. The Morgan fingerprint density at radius 2 is 1.96 bits per heavy atom. The highest BCUT2D eigenvalue weighted by Crippen LogP contribution is 2.39. The fraction of sp³-hybridized carbons (Fsp3) is 0.250. The molecule has 0 spiro atoms. The van der Waals surface area contributed by atoms with Crippen LogP contribution in [0, 0.1) is 5.92 Å². The Balaban J connectivity index is 2.11. The number of benzene rings is 2. The lowest BCUT2D eigenvalue weighted by Gasteiger charge is -2.19. The van der Waals surface area contributed by atoms with E-state index in [4.69, 9.17) is 4.74 Å². The lowest BCUT2D eigenvalue weighted by atomic mass is 10.0. The van der Waals surface area contributed by atoms with E-state index < -0.39 is 0 Å². The van der Waals surface area contributed by atoms with Crippen molar-refractivity contribution in [1.29, 1.82) is 0 Å². The topological polar surface area (TPSA) is 29.5 Å². The molecule has 1 aliphatic rings. The number of rotatable bonds is 4. The second-order valence-electron chi connectivity index (χ2n) is 6.27. The number of hydrogen-bond donors (Lipinski definition) is 0. The number of methoxy groups -OCH3 is 1. The average molecular weight is 386 g/mol. The van der Waals surface area contributed by atoms with Crippen LogP contribution in [0.1, 0.15) is 25.0 Å². The molecular formula is C20H20BrNO2. The van der Waals surface area contributed by atoms with Crippen LogP contribution in [0.4, 0.5) is 5.69 Å². The van der Waals surface area contributed by atoms with Gasteiger partial charge in [-0.15, -0.1) is 0 Å². The molecule has 0 fully saturated rings. The molecule has 0 aromatic heterocycles. The minimum Gasteiger partial charge on any atom is -0.496 e. The molecule has 1 heterocycles. The molecule has 0 saturated heterocycles. The monoisotopic (exact) mass is 385 g/mol. The first-order chi connectivity index (χ1) is 11.5. The number of halogens is 1. The van der Waals surface area contributed by atoms with Crippen LogP contribution in [0.5, 0.6) is 5.75 Å². The molecule has 3 rings (SSSR count). The molecule has 3 nitrogen and oxygen atoms in total. The van der Waals surface area contributed by atoms with Crippen molar-refractivity contribution in [3.05, 3.63) is 58.1 Å². The Labute approximate surface area is 151 Å². The summed E-state index contributed by atoms with van der Waals surface area (Å²) in [6.07, 6.45) is 1.92. The van der Waals surface area contributed by atoms with Gasteiger partial charge in [0, 0.05) is 27.7 Å². The van der Waals surface area contributed by atoms with Crippen molar-refractivity contribution < 1.29 is 9.53 Å². The fourth-order valence-corrected chi connectivity index (χ4v) is 3.34. The molecule has 4 heteroatoms. The van der Waals surface area contributed by atoms with Crippen LogP contribution in [0.2, 0.25) is 0 Å². The molecule has 124 valence electrons. The number of hydrogen-bond acceptors (Lipinski definition) is 2. The molecule has 0 atom stereocenters. The third kappa shape index (κ3) is 3.11. The molecule has 2 aromatic carbocycles. The van der Waals surface area contributed by atoms with E-state index in [1.165, 1.54) is 0 Å². The van der Waals surface area contributed by atoms with Crippen LogP contribution < -0.4 is 9.64 Å². The quantitative estimate of drug-likeness (QED) is 0.692. The highest BCUT2D eigenvalue weighted by Gasteiger charge is 2.32. The number of nitrogens with zero attached hydrogens (tertiary/aromatic N) is 1. The third-order valence-electron chi connectivity index (χ3n) is 4.00. The van der Waals surface area contributed by atoms with Gasteiger partial charge < -0.3 is 9.64 Å². The molecule has 0 aliphatic carbocycles. The van der Waals surface area contributed by atoms with Crippen LogP contribution in [0.3, 0.4) is 0 Å². The van der Waals surface area contributed by atoms with Gasteiger partial charge in [-0.05, 0) is 36.3 Å². The fourth-order valence-electron chi connectivity index (χ4n) is 2.97. The number of fused-ring (bicyclic) bond motifs is 1. The van der Waals surface area contributed by atoms with Gasteiger partial charge in [-0.25, -0.2) is 0 Å². The first-order valence-electron chi connectivity index (χ1n) is 7.97. The van der Waals surface area contributed by atoms with Gasteiger partial charge in [0.2, 0.25) is 0 Å². The Morgan fingerprint density at radius 1 is 1.21 bits per heavy atom. The Kier molecular flexibility index (Phi) is 4.76. The highest BCUT2D eigenvalue weighted by atomic mass is 79.9. The van der Waals surface area contributed by atoms with Crippen LogP contribution >= 0.6 is 15.9 Å². The molecule has 2 aromatic rings. The number of ether oxygens (including phenoxy) is 1. The van der Waals surface area contributed by atoms with E-state index in [-0.39, 0.29) is 5.91 Å². The van der Waals surface area contributed by atoms with Crippen molar-refractivity contribution in [2.75, 3.05) is 18.6 Å². The number of para-hydroxylation sites is 1. The molecule has 0 radical (unpaired) electrons. The summed E-state index contributed by atoms with van der Waals surface area (Å²) in [5.74, 6) is 1.20. The minimum absolute atomic E-state index is 0.0481. The maximum Gasteiger partial charge on any atom is 0.259 e. The second-order valence-corrected chi connectivity index (χ2v) is 7.19. The van der Waals surface area contributed by atoms with Gasteiger partial charge in [-0.3, -0.25) is 4.79 Å². The number of anilines is 1. The third-order valence-corrected chi connectivity index (χ3v) is 4.49. The van der Waals surface area contributed by atoms with Crippen LogP contribution in [-0.4, -0.2) is 19.6 Å². The largest absolute Gasteiger partial charge is 0.496 e. The molecule has 1 amide bonds. The first kappa shape index (κ1) is 16.8. The van der Waals surface area contributed by atoms with Gasteiger partial charge >= 0.3 is 0 Å². The van der Waals surface area contributed by atoms with Crippen molar-refractivity contribution in [2.45, 2.75) is 13.8 Å². The van der Waals surface area contributed by atoms with E-state index in [1.54, 1.807) is 7.11 Å². The molecule has 0 saturated carbocycles. The summed E-state index contributed by atoms with van der Waals surface area (Å²) in [6, 6.07) is 13.7. The lowest BCUT2D eigenvalue weighted by molar-refractivity contribution is -0.113. The minimum atomic E-state index is 0.0481. The molecule has 0 bridgehead atoms. The van der Waals surface area contributed by atoms with Crippen LogP contribution in [0.25, 0.3) is 11.6 Å². The van der Waals surface area contributed by atoms with Gasteiger partial charge in [0.25, 0.3) is 5.91 Å². The summed E-state index contributed by atoms with van der Waals surface area (Å²) in [7, 11) is 1.64. The smallest absolute Gasteiger partial charge is 0.259 e. The summed E-state index contributed by atoms with van der Waals surface area (Å²) >= 11 is 3.49. The van der Waals surface area contributed by atoms with Gasteiger partial charge in [0.05, 0.1) is 12.8 Å². The van der Waals surface area contributed by atoms with E-state index in [0.29, 0.717) is 18.0 Å². The van der Waals surface area contributed by atoms with Crippen LogP contribution in [0.15, 0.2) is 46.9 Å². The molecular weight excluding hydrogens is 366 g/mol. The number of amides is 1. The van der Waals surface area contributed by atoms with E-state index in [1.807, 2.05) is 53.4 Å². The predicted molar refractivity (Wildman–Crippen MR) is 102 cm³/mol.